The first-order valence-electron chi connectivity index (χ1n) is 7.05. The van der Waals surface area contributed by atoms with Crippen molar-refractivity contribution in [1.29, 1.82) is 0 Å². The van der Waals surface area contributed by atoms with Gasteiger partial charge in [-0.1, -0.05) is 23.8 Å². The zero-order valence-corrected chi connectivity index (χ0v) is 12.7. The molecule has 0 spiro atoms. The van der Waals surface area contributed by atoms with Crippen molar-refractivity contribution in [1.82, 2.24) is 0 Å². The number of hydrogen-bond acceptors (Lipinski definition) is 2. The van der Waals surface area contributed by atoms with E-state index in [0.29, 0.717) is 0 Å². The molecule has 2 rings (SSSR count). The van der Waals surface area contributed by atoms with Gasteiger partial charge in [0.2, 0.25) is 0 Å². The normalized spacial score (nSPS) is 12.2. The molecule has 0 heterocycles. The predicted octanol–water partition coefficient (Wildman–Crippen LogP) is 4.29. The van der Waals surface area contributed by atoms with Crippen molar-refractivity contribution >= 4 is 0 Å². The Morgan fingerprint density at radius 1 is 0.950 bits per heavy atom. The number of aryl methyl sites for hydroxylation is 3. The van der Waals surface area contributed by atoms with E-state index in [-0.39, 0.29) is 6.04 Å². The molecule has 0 aromatic heterocycles. The van der Waals surface area contributed by atoms with Gasteiger partial charge in [-0.15, -0.1) is 0 Å². The maximum Gasteiger partial charge on any atom is 0.130 e. The fraction of sp³-hybridized carbons (Fsp3) is 0.333. The maximum absolute atomic E-state index is 6.07. The van der Waals surface area contributed by atoms with E-state index >= 15 is 0 Å². The van der Waals surface area contributed by atoms with Gasteiger partial charge in [0, 0.05) is 6.04 Å². The summed E-state index contributed by atoms with van der Waals surface area (Å²) in [5, 5.41) is 0. The van der Waals surface area contributed by atoms with E-state index < -0.39 is 0 Å². The summed E-state index contributed by atoms with van der Waals surface area (Å²) in [7, 11) is 0. The van der Waals surface area contributed by atoms with Gasteiger partial charge >= 0.3 is 0 Å². The first-order chi connectivity index (χ1) is 9.44. The van der Waals surface area contributed by atoms with Crippen LogP contribution in [0, 0.1) is 20.8 Å². The smallest absolute Gasteiger partial charge is 0.130 e. The molecule has 0 bridgehead atoms. The summed E-state index contributed by atoms with van der Waals surface area (Å²) in [5.41, 5.74) is 10.7. The molecule has 0 aliphatic heterocycles. The highest BCUT2D eigenvalue weighted by atomic mass is 16.5. The van der Waals surface area contributed by atoms with Crippen molar-refractivity contribution in [2.75, 3.05) is 0 Å². The van der Waals surface area contributed by atoms with Crippen molar-refractivity contribution in [2.24, 2.45) is 5.73 Å². The zero-order valence-electron chi connectivity index (χ0n) is 12.7. The summed E-state index contributed by atoms with van der Waals surface area (Å²) in [6.45, 7) is 8.27. The van der Waals surface area contributed by atoms with Crippen molar-refractivity contribution < 1.29 is 4.74 Å². The molecule has 0 amide bonds. The number of hydrogen-bond donors (Lipinski definition) is 1. The van der Waals surface area contributed by atoms with Crippen LogP contribution in [0.25, 0.3) is 0 Å². The summed E-state index contributed by atoms with van der Waals surface area (Å²) in [4.78, 5) is 0. The van der Waals surface area contributed by atoms with Gasteiger partial charge in [0.15, 0.2) is 0 Å². The van der Waals surface area contributed by atoms with Gasteiger partial charge in [0.05, 0.1) is 0 Å². The Balaban J connectivity index is 2.32. The van der Waals surface area contributed by atoms with E-state index in [1.165, 1.54) is 22.3 Å². The standard InChI is InChI=1S/C18H23NO/c1-12-5-6-18(16(8-12)11-15(4)19)20-17-9-13(2)7-14(3)10-17/h5-10,15H,11,19H2,1-4H3. The topological polar surface area (TPSA) is 35.2 Å². The van der Waals surface area contributed by atoms with Crippen LogP contribution in [0.5, 0.6) is 11.5 Å². The summed E-state index contributed by atoms with van der Waals surface area (Å²) < 4.78 is 6.07. The van der Waals surface area contributed by atoms with Crippen LogP contribution in [-0.2, 0) is 6.42 Å². The van der Waals surface area contributed by atoms with Crippen LogP contribution < -0.4 is 10.5 Å². The Hall–Kier alpha value is -1.80. The van der Waals surface area contributed by atoms with Crippen molar-refractivity contribution in [2.45, 2.75) is 40.2 Å². The fourth-order valence-electron chi connectivity index (χ4n) is 2.43. The average molecular weight is 269 g/mol. The van der Waals surface area contributed by atoms with Gasteiger partial charge in [-0.3, -0.25) is 0 Å². The second-order valence-electron chi connectivity index (χ2n) is 5.72. The summed E-state index contributed by atoms with van der Waals surface area (Å²) in [5.74, 6) is 1.79. The molecule has 2 heteroatoms. The lowest BCUT2D eigenvalue weighted by Gasteiger charge is -2.14. The molecule has 2 nitrogen and oxygen atoms in total. The molecule has 0 saturated heterocycles. The molecule has 0 radical (unpaired) electrons. The van der Waals surface area contributed by atoms with Gasteiger partial charge in [-0.05, 0) is 69.0 Å². The van der Waals surface area contributed by atoms with E-state index in [2.05, 4.69) is 51.1 Å². The first kappa shape index (κ1) is 14.6. The average Bonchev–Trinajstić information content (AvgIpc) is 2.30. The van der Waals surface area contributed by atoms with Crippen LogP contribution in [0.3, 0.4) is 0 Å². The third-order valence-corrected chi connectivity index (χ3v) is 3.18. The van der Waals surface area contributed by atoms with E-state index in [1.807, 2.05) is 13.0 Å². The van der Waals surface area contributed by atoms with E-state index in [1.54, 1.807) is 0 Å². The van der Waals surface area contributed by atoms with Crippen LogP contribution in [0.1, 0.15) is 29.2 Å². The van der Waals surface area contributed by atoms with Crippen LogP contribution >= 0.6 is 0 Å². The van der Waals surface area contributed by atoms with Crippen molar-refractivity contribution in [3.05, 3.63) is 58.7 Å². The minimum absolute atomic E-state index is 0.124. The fourth-order valence-corrected chi connectivity index (χ4v) is 2.43. The van der Waals surface area contributed by atoms with E-state index in [0.717, 1.165) is 17.9 Å². The second kappa shape index (κ2) is 6.10. The highest BCUT2D eigenvalue weighted by Crippen LogP contribution is 2.28. The molecule has 1 atom stereocenters. The molecule has 1 unspecified atom stereocenters. The van der Waals surface area contributed by atoms with Gasteiger partial charge < -0.3 is 10.5 Å². The lowest BCUT2D eigenvalue weighted by atomic mass is 10.0. The third kappa shape index (κ3) is 3.84. The number of ether oxygens (including phenoxy) is 1. The lowest BCUT2D eigenvalue weighted by Crippen LogP contribution is -2.18. The Morgan fingerprint density at radius 3 is 2.20 bits per heavy atom. The lowest BCUT2D eigenvalue weighted by molar-refractivity contribution is 0.473. The third-order valence-electron chi connectivity index (χ3n) is 3.18. The molecule has 0 aliphatic carbocycles. The molecule has 2 aromatic carbocycles. The highest BCUT2D eigenvalue weighted by Gasteiger charge is 2.08. The number of rotatable bonds is 4. The zero-order chi connectivity index (χ0) is 14.7. The summed E-state index contributed by atoms with van der Waals surface area (Å²) >= 11 is 0. The van der Waals surface area contributed by atoms with E-state index in [4.69, 9.17) is 10.5 Å². The monoisotopic (exact) mass is 269 g/mol. The molecule has 0 fully saturated rings. The Bertz CT molecular complexity index is 582. The van der Waals surface area contributed by atoms with Crippen LogP contribution in [0.2, 0.25) is 0 Å². The van der Waals surface area contributed by atoms with Crippen LogP contribution in [-0.4, -0.2) is 6.04 Å². The van der Waals surface area contributed by atoms with Crippen molar-refractivity contribution in [3.63, 3.8) is 0 Å². The molecule has 2 N–H and O–H groups in total. The number of benzene rings is 2. The quantitative estimate of drug-likeness (QED) is 0.898. The summed E-state index contributed by atoms with van der Waals surface area (Å²) in [6.07, 6.45) is 0.821. The maximum atomic E-state index is 6.07. The minimum Gasteiger partial charge on any atom is -0.457 e. The Kier molecular flexibility index (Phi) is 4.46. The van der Waals surface area contributed by atoms with Gasteiger partial charge in [-0.2, -0.15) is 0 Å². The van der Waals surface area contributed by atoms with Crippen molar-refractivity contribution in [3.8, 4) is 11.5 Å². The molecule has 20 heavy (non-hydrogen) atoms. The molecule has 106 valence electrons. The second-order valence-corrected chi connectivity index (χ2v) is 5.72. The minimum atomic E-state index is 0.124. The first-order valence-corrected chi connectivity index (χ1v) is 7.05. The summed E-state index contributed by atoms with van der Waals surface area (Å²) in [6, 6.07) is 12.6. The van der Waals surface area contributed by atoms with Gasteiger partial charge in [0.25, 0.3) is 0 Å². The Morgan fingerprint density at radius 2 is 1.60 bits per heavy atom. The van der Waals surface area contributed by atoms with Gasteiger partial charge in [-0.25, -0.2) is 0 Å². The number of nitrogens with two attached hydrogens (primary N) is 1. The van der Waals surface area contributed by atoms with E-state index in [9.17, 15) is 0 Å². The largest absolute Gasteiger partial charge is 0.457 e. The molecule has 2 aromatic rings. The van der Waals surface area contributed by atoms with Crippen LogP contribution in [0.15, 0.2) is 36.4 Å². The molecule has 0 aliphatic rings. The SMILES string of the molecule is Cc1cc(C)cc(Oc2ccc(C)cc2CC(C)N)c1. The van der Waals surface area contributed by atoms with Gasteiger partial charge in [0.1, 0.15) is 11.5 Å². The Labute approximate surface area is 121 Å². The predicted molar refractivity (Wildman–Crippen MR) is 84.5 cm³/mol. The molecular weight excluding hydrogens is 246 g/mol. The highest BCUT2D eigenvalue weighted by molar-refractivity contribution is 5.42. The molecular formula is C18H23NO. The van der Waals surface area contributed by atoms with Crippen LogP contribution in [0.4, 0.5) is 0 Å². The molecule has 0 saturated carbocycles.